The molecule has 0 aromatic heterocycles. The first-order chi connectivity index (χ1) is 19.3. The molecule has 3 N–H and O–H groups in total. The summed E-state index contributed by atoms with van der Waals surface area (Å²) in [4.78, 5) is 39.3. The number of hydrogen-bond donors (Lipinski definition) is 3. The van der Waals surface area contributed by atoms with Crippen LogP contribution in [0.5, 0.6) is 0 Å². The maximum absolute atomic E-state index is 13.3. The van der Waals surface area contributed by atoms with E-state index >= 15 is 0 Å². The van der Waals surface area contributed by atoms with Crippen LogP contribution >= 0.6 is 46.6 Å². The summed E-state index contributed by atoms with van der Waals surface area (Å²) in [6, 6.07) is 27.3. The average molecular weight is 611 g/mol. The van der Waals surface area contributed by atoms with Crippen LogP contribution in [0.15, 0.2) is 108 Å². The van der Waals surface area contributed by atoms with Gasteiger partial charge in [0.1, 0.15) is 5.70 Å². The van der Waals surface area contributed by atoms with Gasteiger partial charge >= 0.3 is 0 Å². The molecule has 0 aliphatic heterocycles. The zero-order valence-electron chi connectivity index (χ0n) is 20.8. The summed E-state index contributed by atoms with van der Waals surface area (Å²) >= 11 is 19.4. The Morgan fingerprint density at radius 1 is 0.750 bits per heavy atom. The second-order valence-corrected chi connectivity index (χ2v) is 10.7. The van der Waals surface area contributed by atoms with Crippen LogP contribution in [-0.2, 0) is 9.59 Å². The average Bonchev–Trinajstić information content (AvgIpc) is 2.95. The highest BCUT2D eigenvalue weighted by atomic mass is 35.5. The number of benzene rings is 4. The Bertz CT molecular complexity index is 1560. The van der Waals surface area contributed by atoms with E-state index in [1.807, 2.05) is 6.07 Å². The lowest BCUT2D eigenvalue weighted by Gasteiger charge is -2.12. The highest BCUT2D eigenvalue weighted by Crippen LogP contribution is 2.27. The van der Waals surface area contributed by atoms with E-state index in [2.05, 4.69) is 16.0 Å². The molecule has 0 fully saturated rings. The fourth-order valence-corrected chi connectivity index (χ4v) is 4.68. The maximum atomic E-state index is 13.3. The molecule has 0 aliphatic rings. The fraction of sp³-hybridized carbons (Fsp3) is 0.0333. The number of rotatable bonds is 9. The third-order valence-corrected chi connectivity index (χ3v) is 7.18. The summed E-state index contributed by atoms with van der Waals surface area (Å²) in [7, 11) is 0. The number of thioether (sulfide) groups is 1. The van der Waals surface area contributed by atoms with E-state index in [4.69, 9.17) is 34.8 Å². The van der Waals surface area contributed by atoms with E-state index in [0.717, 1.165) is 4.90 Å². The van der Waals surface area contributed by atoms with Crippen molar-refractivity contribution in [3.63, 3.8) is 0 Å². The van der Waals surface area contributed by atoms with Crippen LogP contribution in [0.25, 0.3) is 6.08 Å². The molecule has 0 unspecified atom stereocenters. The summed E-state index contributed by atoms with van der Waals surface area (Å²) in [6.07, 6.45) is 1.57. The zero-order chi connectivity index (χ0) is 28.5. The van der Waals surface area contributed by atoms with E-state index in [1.54, 1.807) is 97.1 Å². The van der Waals surface area contributed by atoms with Crippen LogP contribution < -0.4 is 16.0 Å². The van der Waals surface area contributed by atoms with Crippen LogP contribution in [0.4, 0.5) is 11.4 Å². The van der Waals surface area contributed by atoms with Crippen LogP contribution in [0, 0.1) is 0 Å². The van der Waals surface area contributed by atoms with Gasteiger partial charge in [-0.1, -0.05) is 71.2 Å². The van der Waals surface area contributed by atoms with Gasteiger partial charge in [-0.25, -0.2) is 0 Å². The molecule has 0 saturated carbocycles. The van der Waals surface area contributed by atoms with Crippen molar-refractivity contribution < 1.29 is 14.4 Å². The molecule has 6 nitrogen and oxygen atoms in total. The predicted octanol–water partition coefficient (Wildman–Crippen LogP) is 7.79. The molecule has 0 atom stereocenters. The molecule has 0 heterocycles. The molecule has 0 radical (unpaired) electrons. The third kappa shape index (κ3) is 8.63. The molecule has 3 amide bonds. The lowest BCUT2D eigenvalue weighted by molar-refractivity contribution is -0.114. The van der Waals surface area contributed by atoms with Gasteiger partial charge < -0.3 is 16.0 Å². The van der Waals surface area contributed by atoms with Crippen molar-refractivity contribution in [1.29, 1.82) is 0 Å². The van der Waals surface area contributed by atoms with Crippen molar-refractivity contribution >= 4 is 81.7 Å². The first-order valence-corrected chi connectivity index (χ1v) is 14.0. The topological polar surface area (TPSA) is 87.3 Å². The van der Waals surface area contributed by atoms with E-state index in [0.29, 0.717) is 37.6 Å². The van der Waals surface area contributed by atoms with Crippen molar-refractivity contribution in [2.75, 3.05) is 16.4 Å². The Labute approximate surface area is 250 Å². The minimum atomic E-state index is -0.519. The van der Waals surface area contributed by atoms with Crippen LogP contribution in [-0.4, -0.2) is 23.5 Å². The summed E-state index contributed by atoms with van der Waals surface area (Å²) in [5, 5.41) is 9.65. The summed E-state index contributed by atoms with van der Waals surface area (Å²) < 4.78 is 0. The second kappa shape index (κ2) is 14.1. The van der Waals surface area contributed by atoms with Crippen molar-refractivity contribution in [3.05, 3.63) is 129 Å². The van der Waals surface area contributed by atoms with E-state index in [-0.39, 0.29) is 17.4 Å². The van der Waals surface area contributed by atoms with Gasteiger partial charge in [0.15, 0.2) is 0 Å². The summed E-state index contributed by atoms with van der Waals surface area (Å²) in [5.41, 5.74) is 2.06. The van der Waals surface area contributed by atoms with Crippen LogP contribution in [0.3, 0.4) is 0 Å². The third-order valence-electron chi connectivity index (χ3n) is 5.37. The van der Waals surface area contributed by atoms with Crippen LogP contribution in [0.2, 0.25) is 15.1 Å². The van der Waals surface area contributed by atoms with Gasteiger partial charge in [-0.2, -0.15) is 0 Å². The number of nitrogens with one attached hydrogen (secondary N) is 3. The number of halogens is 3. The minimum Gasteiger partial charge on any atom is -0.324 e. The Balaban J connectivity index is 1.45. The lowest BCUT2D eigenvalue weighted by Crippen LogP contribution is -2.30. The molecule has 0 bridgehead atoms. The molecule has 0 aliphatic carbocycles. The quantitative estimate of drug-likeness (QED) is 0.133. The highest BCUT2D eigenvalue weighted by Gasteiger charge is 2.16. The van der Waals surface area contributed by atoms with Gasteiger partial charge in [-0.3, -0.25) is 14.4 Å². The second-order valence-electron chi connectivity index (χ2n) is 8.37. The van der Waals surface area contributed by atoms with Crippen molar-refractivity contribution in [3.8, 4) is 0 Å². The Morgan fingerprint density at radius 3 is 2.23 bits per heavy atom. The largest absolute Gasteiger partial charge is 0.324 e. The first-order valence-electron chi connectivity index (χ1n) is 11.9. The minimum absolute atomic E-state index is 0.0482. The molecule has 4 aromatic carbocycles. The molecule has 4 rings (SSSR count). The van der Waals surface area contributed by atoms with Gasteiger partial charge in [0.25, 0.3) is 11.8 Å². The monoisotopic (exact) mass is 609 g/mol. The van der Waals surface area contributed by atoms with Gasteiger partial charge in [0.05, 0.1) is 16.5 Å². The molecular formula is C30H22Cl3N3O3S. The Kier molecular flexibility index (Phi) is 10.3. The normalized spacial score (nSPS) is 11.0. The Morgan fingerprint density at radius 2 is 1.48 bits per heavy atom. The molecular weight excluding hydrogens is 589 g/mol. The SMILES string of the molecule is O=C(CSc1cccc(NC(=O)/C(=C\c2ccc(Cl)cc2)NC(=O)c2ccccc2)c1)Nc1cc(Cl)ccc1Cl. The van der Waals surface area contributed by atoms with E-state index < -0.39 is 11.8 Å². The van der Waals surface area contributed by atoms with Gasteiger partial charge in [0.2, 0.25) is 5.91 Å². The summed E-state index contributed by atoms with van der Waals surface area (Å²) in [6.45, 7) is 0. The van der Waals surface area contributed by atoms with E-state index in [1.165, 1.54) is 11.8 Å². The number of anilines is 2. The van der Waals surface area contributed by atoms with Crippen molar-refractivity contribution in [1.82, 2.24) is 5.32 Å². The van der Waals surface area contributed by atoms with Crippen LogP contribution in [0.1, 0.15) is 15.9 Å². The molecule has 0 spiro atoms. The van der Waals surface area contributed by atoms with Crippen molar-refractivity contribution in [2.24, 2.45) is 0 Å². The molecule has 40 heavy (non-hydrogen) atoms. The molecule has 202 valence electrons. The van der Waals surface area contributed by atoms with Gasteiger partial charge in [-0.05, 0) is 72.3 Å². The highest BCUT2D eigenvalue weighted by molar-refractivity contribution is 8.00. The number of amides is 3. The fourth-order valence-electron chi connectivity index (χ4n) is 3.46. The Hall–Kier alpha value is -3.75. The zero-order valence-corrected chi connectivity index (χ0v) is 23.9. The standard InChI is InChI=1S/C30H22Cl3N3O3S/c31-21-11-9-19(10-12-21)15-27(36-29(38)20-5-2-1-3-6-20)30(39)34-23-7-4-8-24(17-23)40-18-28(37)35-26-16-22(32)13-14-25(26)33/h1-17H,18H2,(H,34,39)(H,35,37)(H,36,38)/b27-15+. The number of hydrogen-bond acceptors (Lipinski definition) is 4. The number of carbonyl (C=O) groups is 3. The molecule has 10 heteroatoms. The smallest absolute Gasteiger partial charge is 0.272 e. The van der Waals surface area contributed by atoms with Crippen molar-refractivity contribution in [2.45, 2.75) is 4.90 Å². The maximum Gasteiger partial charge on any atom is 0.272 e. The first kappa shape index (κ1) is 29.2. The number of carbonyl (C=O) groups excluding carboxylic acids is 3. The lowest BCUT2D eigenvalue weighted by atomic mass is 10.1. The van der Waals surface area contributed by atoms with E-state index in [9.17, 15) is 14.4 Å². The molecule has 4 aromatic rings. The summed E-state index contributed by atoms with van der Waals surface area (Å²) in [5.74, 6) is -1.10. The predicted molar refractivity (Wildman–Crippen MR) is 164 cm³/mol. The molecule has 0 saturated heterocycles. The van der Waals surface area contributed by atoms with Gasteiger partial charge in [0, 0.05) is 26.2 Å². The van der Waals surface area contributed by atoms with Gasteiger partial charge in [-0.15, -0.1) is 11.8 Å².